The van der Waals surface area contributed by atoms with Crippen LogP contribution in [0, 0.1) is 13.8 Å². The highest BCUT2D eigenvalue weighted by Gasteiger charge is 2.11. The molecule has 0 saturated carbocycles. The average Bonchev–Trinajstić information content (AvgIpc) is 2.31. The Kier molecular flexibility index (Phi) is 5.16. The monoisotopic (exact) mass is 235 g/mol. The molecule has 0 atom stereocenters. The third-order valence-electron chi connectivity index (χ3n) is 2.90. The molecule has 0 heterocycles. The van der Waals surface area contributed by atoms with Gasteiger partial charge in [0, 0.05) is 12.0 Å². The van der Waals surface area contributed by atoms with E-state index in [1.807, 2.05) is 26.0 Å². The highest BCUT2D eigenvalue weighted by molar-refractivity contribution is 5.97. The second-order valence-electron chi connectivity index (χ2n) is 4.31. The topological polar surface area (TPSA) is 52.3 Å². The molecule has 0 radical (unpaired) electrons. The number of ether oxygens (including phenoxy) is 1. The van der Waals surface area contributed by atoms with Gasteiger partial charge in [0.15, 0.2) is 5.78 Å². The van der Waals surface area contributed by atoms with E-state index in [0.717, 1.165) is 35.3 Å². The summed E-state index contributed by atoms with van der Waals surface area (Å²) in [5, 5.41) is 0. The number of nitrogens with two attached hydrogens (primary N) is 1. The fraction of sp³-hybridized carbons (Fsp3) is 0.500. The Morgan fingerprint density at radius 3 is 2.53 bits per heavy atom. The highest BCUT2D eigenvalue weighted by Crippen LogP contribution is 2.23. The Morgan fingerprint density at radius 2 is 1.94 bits per heavy atom. The number of hydrogen-bond acceptors (Lipinski definition) is 3. The van der Waals surface area contributed by atoms with E-state index in [0.29, 0.717) is 13.0 Å². The minimum Gasteiger partial charge on any atom is -0.496 e. The predicted molar refractivity (Wildman–Crippen MR) is 69.7 cm³/mol. The van der Waals surface area contributed by atoms with Crippen molar-refractivity contribution in [3.05, 3.63) is 28.8 Å². The lowest BCUT2D eigenvalue weighted by molar-refractivity contribution is 0.0979. The van der Waals surface area contributed by atoms with E-state index in [1.54, 1.807) is 7.11 Å². The largest absolute Gasteiger partial charge is 0.496 e. The number of methoxy groups -OCH3 is 1. The van der Waals surface area contributed by atoms with Crippen LogP contribution in [-0.4, -0.2) is 19.4 Å². The average molecular weight is 235 g/mol. The maximum absolute atomic E-state index is 12.0. The summed E-state index contributed by atoms with van der Waals surface area (Å²) in [7, 11) is 1.64. The van der Waals surface area contributed by atoms with Gasteiger partial charge in [-0.1, -0.05) is 0 Å². The third kappa shape index (κ3) is 3.56. The summed E-state index contributed by atoms with van der Waals surface area (Å²) >= 11 is 0. The second-order valence-corrected chi connectivity index (χ2v) is 4.31. The first-order chi connectivity index (χ1) is 8.10. The summed E-state index contributed by atoms with van der Waals surface area (Å²) in [5.74, 6) is 1.03. The van der Waals surface area contributed by atoms with E-state index in [4.69, 9.17) is 10.5 Å². The molecule has 0 saturated heterocycles. The minimum atomic E-state index is 0.196. The summed E-state index contributed by atoms with van der Waals surface area (Å²) < 4.78 is 5.23. The number of unbranched alkanes of at least 4 members (excludes halogenated alkanes) is 1. The summed E-state index contributed by atoms with van der Waals surface area (Å²) in [5.41, 5.74) is 8.20. The van der Waals surface area contributed by atoms with Crippen molar-refractivity contribution in [1.82, 2.24) is 0 Å². The van der Waals surface area contributed by atoms with Gasteiger partial charge in [0.05, 0.1) is 7.11 Å². The summed E-state index contributed by atoms with van der Waals surface area (Å²) in [6.45, 7) is 4.54. The van der Waals surface area contributed by atoms with E-state index in [-0.39, 0.29) is 5.78 Å². The van der Waals surface area contributed by atoms with Crippen LogP contribution in [0.2, 0.25) is 0 Å². The summed E-state index contributed by atoms with van der Waals surface area (Å²) in [6, 6.07) is 3.84. The van der Waals surface area contributed by atoms with Crippen molar-refractivity contribution in [2.75, 3.05) is 13.7 Å². The Labute approximate surface area is 103 Å². The summed E-state index contributed by atoms with van der Waals surface area (Å²) in [6.07, 6.45) is 2.34. The molecule has 3 nitrogen and oxygen atoms in total. The van der Waals surface area contributed by atoms with Gasteiger partial charge in [0.25, 0.3) is 0 Å². The fourth-order valence-corrected chi connectivity index (χ4v) is 1.87. The normalized spacial score (nSPS) is 10.4. The van der Waals surface area contributed by atoms with Gasteiger partial charge >= 0.3 is 0 Å². The smallest absolute Gasteiger partial charge is 0.163 e. The molecule has 94 valence electrons. The van der Waals surface area contributed by atoms with Crippen LogP contribution < -0.4 is 10.5 Å². The molecule has 1 rings (SSSR count). The third-order valence-corrected chi connectivity index (χ3v) is 2.90. The molecule has 0 aliphatic heterocycles. The number of Topliss-reactive ketones (excluding diaryl/α,β-unsaturated/α-hetero) is 1. The van der Waals surface area contributed by atoms with Crippen molar-refractivity contribution >= 4 is 5.78 Å². The second kappa shape index (κ2) is 6.40. The molecule has 0 spiro atoms. The van der Waals surface area contributed by atoms with Gasteiger partial charge in [-0.05, 0) is 56.5 Å². The lowest BCUT2D eigenvalue weighted by atomic mass is 9.98. The molecular weight excluding hydrogens is 214 g/mol. The first-order valence-electron chi connectivity index (χ1n) is 5.98. The molecular formula is C14H21NO2. The van der Waals surface area contributed by atoms with Crippen molar-refractivity contribution in [2.24, 2.45) is 5.73 Å². The quantitative estimate of drug-likeness (QED) is 0.609. The fourth-order valence-electron chi connectivity index (χ4n) is 1.87. The molecule has 0 unspecified atom stereocenters. The highest BCUT2D eigenvalue weighted by atomic mass is 16.5. The molecule has 0 aliphatic rings. The maximum Gasteiger partial charge on any atom is 0.163 e. The van der Waals surface area contributed by atoms with Crippen LogP contribution in [-0.2, 0) is 0 Å². The lowest BCUT2D eigenvalue weighted by Gasteiger charge is -2.10. The van der Waals surface area contributed by atoms with Crippen LogP contribution in [0.5, 0.6) is 5.75 Å². The standard InChI is InChI=1S/C14H21NO2/c1-10-9-14(17-3)11(2)8-12(10)13(16)6-4-5-7-15/h8-9H,4-7,15H2,1-3H3. The Hall–Kier alpha value is -1.35. The van der Waals surface area contributed by atoms with Crippen LogP contribution in [0.3, 0.4) is 0 Å². The van der Waals surface area contributed by atoms with E-state index < -0.39 is 0 Å². The van der Waals surface area contributed by atoms with Gasteiger partial charge in [0.1, 0.15) is 5.75 Å². The first kappa shape index (κ1) is 13.7. The molecule has 0 fully saturated rings. The van der Waals surface area contributed by atoms with E-state index in [2.05, 4.69) is 0 Å². The van der Waals surface area contributed by atoms with Crippen LogP contribution >= 0.6 is 0 Å². The number of hydrogen-bond donors (Lipinski definition) is 1. The van der Waals surface area contributed by atoms with Crippen LogP contribution in [0.25, 0.3) is 0 Å². The molecule has 1 aromatic carbocycles. The zero-order valence-corrected chi connectivity index (χ0v) is 10.9. The number of aryl methyl sites for hydroxylation is 2. The number of ketones is 1. The van der Waals surface area contributed by atoms with Gasteiger partial charge in [-0.3, -0.25) is 4.79 Å². The Balaban J connectivity index is 2.83. The molecule has 17 heavy (non-hydrogen) atoms. The van der Waals surface area contributed by atoms with Crippen molar-refractivity contribution < 1.29 is 9.53 Å². The van der Waals surface area contributed by atoms with Crippen LogP contribution in [0.1, 0.15) is 40.7 Å². The zero-order chi connectivity index (χ0) is 12.8. The lowest BCUT2D eigenvalue weighted by Crippen LogP contribution is -2.05. The van der Waals surface area contributed by atoms with Gasteiger partial charge < -0.3 is 10.5 Å². The Morgan fingerprint density at radius 1 is 1.24 bits per heavy atom. The molecule has 0 aliphatic carbocycles. The van der Waals surface area contributed by atoms with Gasteiger partial charge in [0.2, 0.25) is 0 Å². The molecule has 0 aromatic heterocycles. The predicted octanol–water partition coefficient (Wildman–Crippen LogP) is 2.62. The van der Waals surface area contributed by atoms with Crippen molar-refractivity contribution in [1.29, 1.82) is 0 Å². The van der Waals surface area contributed by atoms with E-state index in [9.17, 15) is 4.79 Å². The molecule has 0 amide bonds. The minimum absolute atomic E-state index is 0.196. The van der Waals surface area contributed by atoms with Crippen molar-refractivity contribution in [3.8, 4) is 5.75 Å². The summed E-state index contributed by atoms with van der Waals surface area (Å²) in [4.78, 5) is 12.0. The molecule has 1 aromatic rings. The zero-order valence-electron chi connectivity index (χ0n) is 10.9. The maximum atomic E-state index is 12.0. The van der Waals surface area contributed by atoms with Crippen molar-refractivity contribution in [2.45, 2.75) is 33.1 Å². The van der Waals surface area contributed by atoms with Crippen molar-refractivity contribution in [3.63, 3.8) is 0 Å². The molecule has 2 N–H and O–H groups in total. The van der Waals surface area contributed by atoms with E-state index >= 15 is 0 Å². The first-order valence-corrected chi connectivity index (χ1v) is 5.98. The number of carbonyl (C=O) groups is 1. The van der Waals surface area contributed by atoms with Gasteiger partial charge in [-0.15, -0.1) is 0 Å². The van der Waals surface area contributed by atoms with Crippen LogP contribution in [0.15, 0.2) is 12.1 Å². The Bertz CT molecular complexity index is 399. The number of carbonyl (C=O) groups excluding carboxylic acids is 1. The van der Waals surface area contributed by atoms with E-state index in [1.165, 1.54) is 0 Å². The molecule has 0 bridgehead atoms. The number of rotatable bonds is 6. The number of benzene rings is 1. The van der Waals surface area contributed by atoms with Crippen LogP contribution in [0.4, 0.5) is 0 Å². The SMILES string of the molecule is COc1cc(C)c(C(=O)CCCCN)cc1C. The molecule has 3 heteroatoms. The van der Waals surface area contributed by atoms with Gasteiger partial charge in [-0.25, -0.2) is 0 Å². The van der Waals surface area contributed by atoms with Gasteiger partial charge in [-0.2, -0.15) is 0 Å².